The van der Waals surface area contributed by atoms with Crippen LogP contribution in [0.15, 0.2) is 42.6 Å². The number of nitrogens with zero attached hydrogens (tertiary/aromatic N) is 2. The van der Waals surface area contributed by atoms with Crippen LogP contribution in [0.2, 0.25) is 0 Å². The predicted octanol–water partition coefficient (Wildman–Crippen LogP) is 2.26. The third-order valence-electron chi connectivity index (χ3n) is 2.81. The van der Waals surface area contributed by atoms with Gasteiger partial charge < -0.3 is 5.32 Å². The van der Waals surface area contributed by atoms with E-state index in [9.17, 15) is 0 Å². The molecule has 1 aromatic carbocycles. The molecule has 0 aliphatic heterocycles. The molecule has 90 valence electrons. The van der Waals surface area contributed by atoms with Crippen molar-refractivity contribution in [1.82, 2.24) is 10.3 Å². The zero-order chi connectivity index (χ0) is 12.8. The molecule has 0 bridgehead atoms. The summed E-state index contributed by atoms with van der Waals surface area (Å²) in [4.78, 5) is 4.38. The molecule has 1 aromatic heterocycles. The van der Waals surface area contributed by atoms with Gasteiger partial charge in [-0.3, -0.25) is 4.98 Å². The molecule has 0 spiro atoms. The van der Waals surface area contributed by atoms with E-state index in [1.807, 2.05) is 43.6 Å². The Morgan fingerprint density at radius 2 is 2.00 bits per heavy atom. The summed E-state index contributed by atoms with van der Waals surface area (Å²) < 4.78 is 0. The normalized spacial score (nSPS) is 10.0. The van der Waals surface area contributed by atoms with E-state index in [0.717, 1.165) is 18.7 Å². The van der Waals surface area contributed by atoms with E-state index < -0.39 is 0 Å². The van der Waals surface area contributed by atoms with E-state index in [1.165, 1.54) is 11.1 Å². The smallest absolute Gasteiger partial charge is 0.0991 e. The Morgan fingerprint density at radius 1 is 1.22 bits per heavy atom. The Labute approximate surface area is 107 Å². The summed E-state index contributed by atoms with van der Waals surface area (Å²) in [5, 5.41) is 11.9. The molecule has 2 rings (SSSR count). The minimum atomic E-state index is 0.695. The summed E-state index contributed by atoms with van der Waals surface area (Å²) in [6, 6.07) is 13.9. The van der Waals surface area contributed by atoms with Gasteiger partial charge in [0.2, 0.25) is 0 Å². The van der Waals surface area contributed by atoms with Crippen LogP contribution in [0.3, 0.4) is 0 Å². The van der Waals surface area contributed by atoms with Gasteiger partial charge in [-0.2, -0.15) is 5.26 Å². The van der Waals surface area contributed by atoms with Crippen molar-refractivity contribution >= 4 is 0 Å². The van der Waals surface area contributed by atoms with Gasteiger partial charge in [0, 0.05) is 12.7 Å². The van der Waals surface area contributed by atoms with Gasteiger partial charge in [-0.1, -0.05) is 18.2 Å². The van der Waals surface area contributed by atoms with Crippen LogP contribution in [-0.2, 0) is 13.0 Å². The van der Waals surface area contributed by atoms with Gasteiger partial charge >= 0.3 is 0 Å². The largest absolute Gasteiger partial charge is 0.314 e. The number of aromatic nitrogens is 1. The number of hydrogen-bond acceptors (Lipinski definition) is 3. The zero-order valence-corrected chi connectivity index (χ0v) is 10.4. The molecule has 0 amide bonds. The second kappa shape index (κ2) is 5.95. The molecular weight excluding hydrogens is 222 g/mol. The van der Waals surface area contributed by atoms with Crippen molar-refractivity contribution in [3.63, 3.8) is 0 Å². The van der Waals surface area contributed by atoms with E-state index in [0.29, 0.717) is 5.56 Å². The van der Waals surface area contributed by atoms with Crippen molar-refractivity contribution in [1.29, 1.82) is 5.26 Å². The lowest BCUT2D eigenvalue weighted by Gasteiger charge is -2.08. The van der Waals surface area contributed by atoms with Crippen molar-refractivity contribution in [3.05, 3.63) is 65.0 Å². The van der Waals surface area contributed by atoms with Gasteiger partial charge in [0.05, 0.1) is 17.3 Å². The number of benzene rings is 1. The molecule has 3 nitrogen and oxygen atoms in total. The van der Waals surface area contributed by atoms with Gasteiger partial charge in [-0.05, 0) is 42.8 Å². The van der Waals surface area contributed by atoms with Gasteiger partial charge in [-0.25, -0.2) is 0 Å². The van der Waals surface area contributed by atoms with Crippen molar-refractivity contribution in [3.8, 4) is 6.07 Å². The van der Waals surface area contributed by atoms with Crippen molar-refractivity contribution in [2.75, 3.05) is 7.05 Å². The highest BCUT2D eigenvalue weighted by Crippen LogP contribution is 2.13. The zero-order valence-electron chi connectivity index (χ0n) is 10.4. The topological polar surface area (TPSA) is 48.7 Å². The molecule has 1 heterocycles. The van der Waals surface area contributed by atoms with Crippen molar-refractivity contribution in [2.45, 2.75) is 13.0 Å². The molecule has 0 aliphatic rings. The summed E-state index contributed by atoms with van der Waals surface area (Å²) in [6.45, 7) is 0.770. The summed E-state index contributed by atoms with van der Waals surface area (Å²) in [7, 11) is 1.92. The number of rotatable bonds is 4. The fourth-order valence-corrected chi connectivity index (χ4v) is 1.88. The molecule has 0 radical (unpaired) electrons. The van der Waals surface area contributed by atoms with Crippen LogP contribution < -0.4 is 5.32 Å². The lowest BCUT2D eigenvalue weighted by Crippen LogP contribution is -2.09. The van der Waals surface area contributed by atoms with E-state index >= 15 is 0 Å². The van der Waals surface area contributed by atoms with Crippen LogP contribution in [0, 0.1) is 11.3 Å². The Kier molecular flexibility index (Phi) is 4.06. The fourth-order valence-electron chi connectivity index (χ4n) is 1.88. The lowest BCUT2D eigenvalue weighted by molar-refractivity contribution is 0.779. The number of nitrogens with one attached hydrogen (secondary N) is 1. The van der Waals surface area contributed by atoms with Crippen LogP contribution >= 0.6 is 0 Å². The standard InChI is InChI=1S/C15H15N3/c1-17-11-15-14(3-2-8-18-15)9-12-4-6-13(10-16)7-5-12/h2-8,17H,9,11H2,1H3. The summed E-state index contributed by atoms with van der Waals surface area (Å²) in [6.07, 6.45) is 2.66. The first-order valence-electron chi connectivity index (χ1n) is 5.90. The molecule has 3 heteroatoms. The minimum Gasteiger partial charge on any atom is -0.314 e. The number of hydrogen-bond donors (Lipinski definition) is 1. The maximum atomic E-state index is 8.76. The first-order valence-corrected chi connectivity index (χ1v) is 5.90. The molecule has 0 saturated carbocycles. The highest BCUT2D eigenvalue weighted by molar-refractivity contribution is 5.35. The second-order valence-electron chi connectivity index (χ2n) is 4.13. The first-order chi connectivity index (χ1) is 8.83. The van der Waals surface area contributed by atoms with Crippen LogP contribution in [-0.4, -0.2) is 12.0 Å². The van der Waals surface area contributed by atoms with Crippen molar-refractivity contribution < 1.29 is 0 Å². The Morgan fingerprint density at radius 3 is 2.67 bits per heavy atom. The van der Waals surface area contributed by atoms with Gasteiger partial charge in [-0.15, -0.1) is 0 Å². The average molecular weight is 237 g/mol. The monoisotopic (exact) mass is 237 g/mol. The van der Waals surface area contributed by atoms with Crippen LogP contribution in [0.5, 0.6) is 0 Å². The molecular formula is C15H15N3. The number of pyridine rings is 1. The molecule has 0 atom stereocenters. The quantitative estimate of drug-likeness (QED) is 0.887. The molecule has 1 N–H and O–H groups in total. The third kappa shape index (κ3) is 2.93. The van der Waals surface area contributed by atoms with E-state index in [-0.39, 0.29) is 0 Å². The van der Waals surface area contributed by atoms with Gasteiger partial charge in [0.1, 0.15) is 0 Å². The number of nitriles is 1. The van der Waals surface area contributed by atoms with Gasteiger partial charge in [0.15, 0.2) is 0 Å². The summed E-state index contributed by atoms with van der Waals surface area (Å²) in [5.74, 6) is 0. The SMILES string of the molecule is CNCc1ncccc1Cc1ccc(C#N)cc1. The maximum absolute atomic E-state index is 8.76. The third-order valence-corrected chi connectivity index (χ3v) is 2.81. The van der Waals surface area contributed by atoms with E-state index in [1.54, 1.807) is 0 Å². The maximum Gasteiger partial charge on any atom is 0.0991 e. The average Bonchev–Trinajstić information content (AvgIpc) is 2.42. The van der Waals surface area contributed by atoms with Crippen LogP contribution in [0.25, 0.3) is 0 Å². The predicted molar refractivity (Wildman–Crippen MR) is 71.0 cm³/mol. The second-order valence-corrected chi connectivity index (χ2v) is 4.13. The first kappa shape index (κ1) is 12.3. The molecule has 18 heavy (non-hydrogen) atoms. The highest BCUT2D eigenvalue weighted by Gasteiger charge is 2.03. The Hall–Kier alpha value is -2.18. The molecule has 0 aliphatic carbocycles. The highest BCUT2D eigenvalue weighted by atomic mass is 14.8. The van der Waals surface area contributed by atoms with E-state index in [2.05, 4.69) is 22.4 Å². The summed E-state index contributed by atoms with van der Waals surface area (Å²) >= 11 is 0. The molecule has 0 unspecified atom stereocenters. The molecule has 0 fully saturated rings. The van der Waals surface area contributed by atoms with Crippen molar-refractivity contribution in [2.24, 2.45) is 0 Å². The van der Waals surface area contributed by atoms with E-state index in [4.69, 9.17) is 5.26 Å². The Bertz CT molecular complexity index is 553. The van der Waals surface area contributed by atoms with Gasteiger partial charge in [0.25, 0.3) is 0 Å². The molecule has 0 saturated heterocycles. The minimum absolute atomic E-state index is 0.695. The summed E-state index contributed by atoms with van der Waals surface area (Å²) in [5.41, 5.74) is 4.18. The van der Waals surface area contributed by atoms with Crippen LogP contribution in [0.1, 0.15) is 22.4 Å². The Balaban J connectivity index is 2.20. The lowest BCUT2D eigenvalue weighted by atomic mass is 10.0. The molecule has 2 aromatic rings. The fraction of sp³-hybridized carbons (Fsp3) is 0.200. The van der Waals surface area contributed by atoms with Crippen LogP contribution in [0.4, 0.5) is 0 Å².